The van der Waals surface area contributed by atoms with E-state index in [1.54, 1.807) is 29.2 Å². The molecule has 0 aliphatic carbocycles. The molecule has 1 amide bonds. The summed E-state index contributed by atoms with van der Waals surface area (Å²) >= 11 is 13.4. The molecule has 0 saturated heterocycles. The van der Waals surface area contributed by atoms with Gasteiger partial charge in [0.25, 0.3) is 0 Å². The van der Waals surface area contributed by atoms with Crippen molar-refractivity contribution in [1.29, 1.82) is 5.26 Å². The highest BCUT2D eigenvalue weighted by atomic mass is 35.5. The van der Waals surface area contributed by atoms with Gasteiger partial charge in [0.15, 0.2) is 0 Å². The van der Waals surface area contributed by atoms with Crippen molar-refractivity contribution in [2.75, 3.05) is 37.0 Å². The predicted molar refractivity (Wildman–Crippen MR) is 131 cm³/mol. The fraction of sp³-hybridized carbons (Fsp3) is 0.286. The Kier molecular flexibility index (Phi) is 8.41. The number of azo groups is 1. The molecular formula is C21H20Cl2N6O3S. The van der Waals surface area contributed by atoms with E-state index in [9.17, 15) is 9.90 Å². The Balaban J connectivity index is 2.03. The molecule has 33 heavy (non-hydrogen) atoms. The van der Waals surface area contributed by atoms with Gasteiger partial charge in [0.05, 0.1) is 57.8 Å². The second-order valence-electron chi connectivity index (χ2n) is 6.77. The molecule has 0 spiro atoms. The Morgan fingerprint density at radius 1 is 1.27 bits per heavy atom. The summed E-state index contributed by atoms with van der Waals surface area (Å²) in [6, 6.07) is 8.77. The van der Waals surface area contributed by atoms with Crippen molar-refractivity contribution in [3.8, 4) is 11.8 Å². The number of anilines is 2. The normalized spacial score (nSPS) is 11.0. The number of fused-ring (bicyclic) bond motifs is 1. The minimum atomic E-state index is -0.294. The maximum Gasteiger partial charge on any atom is 0.231 e. The number of ether oxygens (including phenoxy) is 1. The second-order valence-corrected chi connectivity index (χ2v) is 8.60. The molecule has 0 fully saturated rings. The van der Waals surface area contributed by atoms with Crippen LogP contribution in [0.15, 0.2) is 34.5 Å². The first-order valence-electron chi connectivity index (χ1n) is 9.76. The molecule has 1 aromatic heterocycles. The molecule has 3 aromatic rings. The van der Waals surface area contributed by atoms with Gasteiger partial charge < -0.3 is 20.1 Å². The third kappa shape index (κ3) is 6.09. The predicted octanol–water partition coefficient (Wildman–Crippen LogP) is 5.70. The molecule has 1 heterocycles. The molecule has 0 radical (unpaired) electrons. The summed E-state index contributed by atoms with van der Waals surface area (Å²) in [5.41, 5.74) is 2.00. The van der Waals surface area contributed by atoms with Crippen LogP contribution in [-0.2, 0) is 4.79 Å². The topological polar surface area (TPSA) is 123 Å². The van der Waals surface area contributed by atoms with Crippen LogP contribution in [0.1, 0.15) is 13.3 Å². The summed E-state index contributed by atoms with van der Waals surface area (Å²) in [5.74, 6) is 0.157. The average molecular weight is 507 g/mol. The molecule has 9 nitrogen and oxygen atoms in total. The molecule has 0 atom stereocenters. The van der Waals surface area contributed by atoms with Gasteiger partial charge in [-0.3, -0.25) is 4.79 Å². The van der Waals surface area contributed by atoms with Gasteiger partial charge in [0.2, 0.25) is 11.0 Å². The minimum Gasteiger partial charge on any atom is -0.494 e. The van der Waals surface area contributed by atoms with Gasteiger partial charge in [-0.1, -0.05) is 34.5 Å². The number of carbonyl (C=O) groups is 1. The Bertz CT molecular complexity index is 1200. The molecule has 2 aromatic carbocycles. The first kappa shape index (κ1) is 24.7. The van der Waals surface area contributed by atoms with Crippen LogP contribution < -0.4 is 15.0 Å². The molecule has 172 valence electrons. The number of nitriles is 1. The van der Waals surface area contributed by atoms with Crippen LogP contribution in [-0.4, -0.2) is 42.8 Å². The fourth-order valence-electron chi connectivity index (χ4n) is 3.05. The molecular weight excluding hydrogens is 487 g/mol. The van der Waals surface area contributed by atoms with Crippen LogP contribution in [0.25, 0.3) is 10.2 Å². The molecule has 0 bridgehead atoms. The number of rotatable bonds is 9. The average Bonchev–Trinajstić information content (AvgIpc) is 3.16. The lowest BCUT2D eigenvalue weighted by Gasteiger charge is -2.26. The maximum atomic E-state index is 11.8. The molecule has 0 unspecified atom stereocenters. The Morgan fingerprint density at radius 2 is 2.03 bits per heavy atom. The van der Waals surface area contributed by atoms with Gasteiger partial charge in [-0.25, -0.2) is 4.98 Å². The monoisotopic (exact) mass is 506 g/mol. The summed E-state index contributed by atoms with van der Waals surface area (Å²) in [5, 5.41) is 30.9. The summed E-state index contributed by atoms with van der Waals surface area (Å²) in [6.07, 6.45) is 0.256. The van der Waals surface area contributed by atoms with Crippen molar-refractivity contribution in [3.05, 3.63) is 34.3 Å². The number of aliphatic hydroxyl groups is 1. The highest BCUT2D eigenvalue weighted by Gasteiger charge is 2.17. The number of thiazole rings is 1. The standard InChI is InChI=1S/C21H20Cl2N6O3S/c1-12(31)25-15-10-18(29(6-7-30)5-3-4-24)19(32-2)11-16(15)27-28-21-26-17-8-13(22)14(23)9-20(17)33-21/h8-11,30H,3,5-7H2,1-2H3,(H,25,31). The number of carbonyl (C=O) groups excluding carboxylic acids is 1. The maximum absolute atomic E-state index is 11.8. The summed E-state index contributed by atoms with van der Waals surface area (Å²) in [4.78, 5) is 18.0. The number of nitrogens with zero attached hydrogens (tertiary/aromatic N) is 5. The molecule has 12 heteroatoms. The van der Waals surface area contributed by atoms with Crippen LogP contribution in [0.3, 0.4) is 0 Å². The van der Waals surface area contributed by atoms with Gasteiger partial charge >= 0.3 is 0 Å². The third-order valence-electron chi connectivity index (χ3n) is 4.47. The lowest BCUT2D eigenvalue weighted by Crippen LogP contribution is -2.28. The molecule has 3 rings (SSSR count). The highest BCUT2D eigenvalue weighted by molar-refractivity contribution is 7.22. The lowest BCUT2D eigenvalue weighted by atomic mass is 10.2. The van der Waals surface area contributed by atoms with Crippen LogP contribution in [0, 0.1) is 11.3 Å². The van der Waals surface area contributed by atoms with Crippen molar-refractivity contribution in [2.24, 2.45) is 10.2 Å². The van der Waals surface area contributed by atoms with Crippen LogP contribution in [0.4, 0.5) is 22.2 Å². The van der Waals surface area contributed by atoms with Crippen molar-refractivity contribution >= 4 is 72.9 Å². The van der Waals surface area contributed by atoms with Crippen molar-refractivity contribution in [3.63, 3.8) is 0 Å². The molecule has 0 aliphatic heterocycles. The Labute approximate surface area is 204 Å². The number of halogens is 2. The summed E-state index contributed by atoms with van der Waals surface area (Å²) < 4.78 is 6.33. The van der Waals surface area contributed by atoms with E-state index < -0.39 is 0 Å². The second kappa shape index (κ2) is 11.2. The number of amides is 1. The van der Waals surface area contributed by atoms with E-state index in [2.05, 4.69) is 26.6 Å². The zero-order chi connectivity index (χ0) is 24.0. The first-order chi connectivity index (χ1) is 15.9. The van der Waals surface area contributed by atoms with Crippen molar-refractivity contribution < 1.29 is 14.6 Å². The van der Waals surface area contributed by atoms with E-state index in [0.717, 1.165) is 4.70 Å². The number of benzene rings is 2. The van der Waals surface area contributed by atoms with Crippen molar-refractivity contribution in [1.82, 2.24) is 4.98 Å². The zero-order valence-electron chi connectivity index (χ0n) is 17.8. The van der Waals surface area contributed by atoms with E-state index in [0.29, 0.717) is 50.0 Å². The van der Waals surface area contributed by atoms with E-state index in [-0.39, 0.29) is 25.5 Å². The summed E-state index contributed by atoms with van der Waals surface area (Å²) in [6.45, 7) is 1.93. The largest absolute Gasteiger partial charge is 0.494 e. The van der Waals surface area contributed by atoms with Crippen LogP contribution >= 0.6 is 34.5 Å². The third-order valence-corrected chi connectivity index (χ3v) is 6.10. The smallest absolute Gasteiger partial charge is 0.231 e. The first-order valence-corrected chi connectivity index (χ1v) is 11.3. The molecule has 2 N–H and O–H groups in total. The number of hydrogen-bond donors (Lipinski definition) is 2. The molecule has 0 aliphatic rings. The van der Waals surface area contributed by atoms with Crippen LogP contribution in [0.2, 0.25) is 10.0 Å². The number of aliphatic hydroxyl groups excluding tert-OH is 1. The summed E-state index contributed by atoms with van der Waals surface area (Å²) in [7, 11) is 1.50. The fourth-order valence-corrected chi connectivity index (χ4v) is 4.24. The Hall–Kier alpha value is -2.97. The van der Waals surface area contributed by atoms with Gasteiger partial charge in [0, 0.05) is 26.1 Å². The van der Waals surface area contributed by atoms with E-state index in [1.807, 2.05) is 0 Å². The Morgan fingerprint density at radius 3 is 2.70 bits per heavy atom. The van der Waals surface area contributed by atoms with Gasteiger partial charge in [-0.2, -0.15) is 5.26 Å². The number of nitrogens with one attached hydrogen (secondary N) is 1. The van der Waals surface area contributed by atoms with E-state index >= 15 is 0 Å². The lowest BCUT2D eigenvalue weighted by molar-refractivity contribution is -0.114. The number of aromatic nitrogens is 1. The van der Waals surface area contributed by atoms with E-state index in [4.69, 9.17) is 33.2 Å². The van der Waals surface area contributed by atoms with E-state index in [1.165, 1.54) is 25.4 Å². The van der Waals surface area contributed by atoms with Crippen molar-refractivity contribution in [2.45, 2.75) is 13.3 Å². The van der Waals surface area contributed by atoms with Crippen LogP contribution in [0.5, 0.6) is 5.75 Å². The SMILES string of the molecule is COc1cc(N=Nc2nc3cc(Cl)c(Cl)cc3s2)c(NC(C)=O)cc1N(CCO)CCC#N. The van der Waals surface area contributed by atoms with Gasteiger partial charge in [-0.15, -0.1) is 10.2 Å². The number of methoxy groups -OCH3 is 1. The highest BCUT2D eigenvalue weighted by Crippen LogP contribution is 2.40. The zero-order valence-corrected chi connectivity index (χ0v) is 20.1. The quantitative estimate of drug-likeness (QED) is 0.358. The number of hydrogen-bond acceptors (Lipinski definition) is 9. The molecule has 0 saturated carbocycles. The van der Waals surface area contributed by atoms with Gasteiger partial charge in [-0.05, 0) is 18.2 Å². The minimum absolute atomic E-state index is 0.114. The van der Waals surface area contributed by atoms with Gasteiger partial charge in [0.1, 0.15) is 11.4 Å².